The summed E-state index contributed by atoms with van der Waals surface area (Å²) in [5.41, 5.74) is 2.17. The van der Waals surface area contributed by atoms with Crippen molar-refractivity contribution in [2.24, 2.45) is 0 Å². The number of hydrogen-bond acceptors (Lipinski definition) is 5. The SMILES string of the molecule is O=C(c1ccc(NCc2ncc(-c3ccc(Cl)cc3)o2)cc1Cl)N1CCOCC1. The summed E-state index contributed by atoms with van der Waals surface area (Å²) >= 11 is 12.3. The van der Waals surface area contributed by atoms with Crippen LogP contribution in [0.1, 0.15) is 16.2 Å². The average Bonchev–Trinajstić information content (AvgIpc) is 3.22. The van der Waals surface area contributed by atoms with E-state index in [4.69, 9.17) is 32.4 Å². The van der Waals surface area contributed by atoms with Gasteiger partial charge < -0.3 is 19.4 Å². The topological polar surface area (TPSA) is 67.6 Å². The second-order valence-corrected chi connectivity index (χ2v) is 7.42. The molecule has 0 radical (unpaired) electrons. The number of rotatable bonds is 5. The van der Waals surface area contributed by atoms with Crippen molar-refractivity contribution in [2.45, 2.75) is 6.54 Å². The number of hydrogen-bond donors (Lipinski definition) is 1. The molecule has 1 amide bonds. The normalized spacial score (nSPS) is 14.1. The molecule has 0 bridgehead atoms. The summed E-state index contributed by atoms with van der Waals surface area (Å²) in [6.45, 7) is 2.65. The summed E-state index contributed by atoms with van der Waals surface area (Å²) in [5.74, 6) is 1.13. The number of amides is 1. The van der Waals surface area contributed by atoms with Gasteiger partial charge in [-0.2, -0.15) is 0 Å². The second-order valence-electron chi connectivity index (χ2n) is 6.58. The van der Waals surface area contributed by atoms with Gasteiger partial charge in [0.05, 0.1) is 36.5 Å². The third-order valence-corrected chi connectivity index (χ3v) is 5.19. The number of benzene rings is 2. The first kappa shape index (κ1) is 19.8. The minimum atomic E-state index is -0.0786. The number of morpholine rings is 1. The maximum Gasteiger partial charge on any atom is 0.255 e. The monoisotopic (exact) mass is 431 g/mol. The Bertz CT molecular complexity index is 999. The number of carbonyl (C=O) groups is 1. The van der Waals surface area contributed by atoms with E-state index in [9.17, 15) is 4.79 Å². The third kappa shape index (κ3) is 4.72. The maximum atomic E-state index is 12.6. The lowest BCUT2D eigenvalue weighted by Gasteiger charge is -2.27. The number of aromatic nitrogens is 1. The molecule has 29 heavy (non-hydrogen) atoms. The van der Waals surface area contributed by atoms with Crippen molar-refractivity contribution in [1.29, 1.82) is 0 Å². The molecule has 1 aromatic heterocycles. The van der Waals surface area contributed by atoms with E-state index in [-0.39, 0.29) is 5.91 Å². The van der Waals surface area contributed by atoms with E-state index in [2.05, 4.69) is 10.3 Å². The van der Waals surface area contributed by atoms with Gasteiger partial charge in [-0.15, -0.1) is 0 Å². The molecule has 4 rings (SSSR count). The largest absolute Gasteiger partial charge is 0.439 e. The molecule has 1 N–H and O–H groups in total. The molecule has 6 nitrogen and oxygen atoms in total. The Hall–Kier alpha value is -2.54. The number of anilines is 1. The van der Waals surface area contributed by atoms with Gasteiger partial charge in [-0.3, -0.25) is 4.79 Å². The van der Waals surface area contributed by atoms with E-state index in [1.165, 1.54) is 0 Å². The van der Waals surface area contributed by atoms with Crippen LogP contribution in [0.3, 0.4) is 0 Å². The Balaban J connectivity index is 1.39. The van der Waals surface area contributed by atoms with Gasteiger partial charge in [-0.25, -0.2) is 4.98 Å². The van der Waals surface area contributed by atoms with Crippen LogP contribution in [0.2, 0.25) is 10.0 Å². The van der Waals surface area contributed by atoms with Gasteiger partial charge in [0.1, 0.15) is 0 Å². The lowest BCUT2D eigenvalue weighted by molar-refractivity contribution is 0.0303. The second kappa shape index (κ2) is 8.86. The summed E-state index contributed by atoms with van der Waals surface area (Å²) < 4.78 is 11.1. The predicted octanol–water partition coefficient (Wildman–Crippen LogP) is 4.73. The Morgan fingerprint density at radius 1 is 1.10 bits per heavy atom. The van der Waals surface area contributed by atoms with Gasteiger partial charge in [0.25, 0.3) is 5.91 Å². The number of oxazole rings is 1. The van der Waals surface area contributed by atoms with Gasteiger partial charge in [0.15, 0.2) is 5.76 Å². The fraction of sp³-hybridized carbons (Fsp3) is 0.238. The number of nitrogens with zero attached hydrogens (tertiary/aromatic N) is 2. The Kier molecular flexibility index (Phi) is 6.04. The zero-order valence-corrected chi connectivity index (χ0v) is 17.0. The van der Waals surface area contributed by atoms with Gasteiger partial charge in [0, 0.05) is 29.4 Å². The molecule has 8 heteroatoms. The molecule has 3 aromatic rings. The van der Waals surface area contributed by atoms with E-state index in [0.29, 0.717) is 60.1 Å². The Labute approximate surface area is 178 Å². The van der Waals surface area contributed by atoms with Crippen molar-refractivity contribution in [3.05, 3.63) is 70.2 Å². The summed E-state index contributed by atoms with van der Waals surface area (Å²) in [7, 11) is 0. The van der Waals surface area contributed by atoms with E-state index >= 15 is 0 Å². The average molecular weight is 432 g/mol. The van der Waals surface area contributed by atoms with Crippen LogP contribution in [0.4, 0.5) is 5.69 Å². The zero-order chi connectivity index (χ0) is 20.2. The minimum Gasteiger partial charge on any atom is -0.439 e. The summed E-state index contributed by atoms with van der Waals surface area (Å²) in [6.07, 6.45) is 1.68. The first-order chi connectivity index (χ1) is 14.1. The first-order valence-corrected chi connectivity index (χ1v) is 9.97. The van der Waals surface area contributed by atoms with E-state index in [0.717, 1.165) is 11.3 Å². The summed E-state index contributed by atoms with van der Waals surface area (Å²) in [5, 5.41) is 4.29. The Morgan fingerprint density at radius 2 is 1.86 bits per heavy atom. The molecular formula is C21H19Cl2N3O3. The molecular weight excluding hydrogens is 413 g/mol. The molecule has 1 fully saturated rings. The standard InChI is InChI=1S/C21H19Cl2N3O3/c22-15-3-1-14(2-4-15)19-12-25-20(29-19)13-24-16-5-6-17(18(23)11-16)21(27)26-7-9-28-10-8-26/h1-6,11-12,24H,7-10,13H2. The quantitative estimate of drug-likeness (QED) is 0.631. The molecule has 1 saturated heterocycles. The van der Waals surface area contributed by atoms with Crippen LogP contribution in [0, 0.1) is 0 Å². The minimum absolute atomic E-state index is 0.0786. The number of ether oxygens (including phenoxy) is 1. The van der Waals surface area contributed by atoms with Crippen molar-refractivity contribution in [3.63, 3.8) is 0 Å². The molecule has 150 valence electrons. The van der Waals surface area contributed by atoms with Crippen LogP contribution < -0.4 is 5.32 Å². The number of nitrogens with one attached hydrogen (secondary N) is 1. The highest BCUT2D eigenvalue weighted by molar-refractivity contribution is 6.34. The van der Waals surface area contributed by atoms with Crippen LogP contribution in [0.5, 0.6) is 0 Å². The van der Waals surface area contributed by atoms with Crippen molar-refractivity contribution in [2.75, 3.05) is 31.6 Å². The lowest BCUT2D eigenvalue weighted by atomic mass is 10.1. The van der Waals surface area contributed by atoms with Gasteiger partial charge in [-0.1, -0.05) is 23.2 Å². The van der Waals surface area contributed by atoms with Crippen molar-refractivity contribution < 1.29 is 13.9 Å². The molecule has 2 heterocycles. The van der Waals surface area contributed by atoms with E-state index in [1.54, 1.807) is 35.4 Å². The van der Waals surface area contributed by atoms with E-state index < -0.39 is 0 Å². The molecule has 2 aromatic carbocycles. The predicted molar refractivity (Wildman–Crippen MR) is 112 cm³/mol. The lowest BCUT2D eigenvalue weighted by Crippen LogP contribution is -2.40. The Morgan fingerprint density at radius 3 is 2.59 bits per heavy atom. The van der Waals surface area contributed by atoms with Gasteiger partial charge in [-0.05, 0) is 42.5 Å². The van der Waals surface area contributed by atoms with Crippen LogP contribution in [-0.4, -0.2) is 42.1 Å². The van der Waals surface area contributed by atoms with Crippen molar-refractivity contribution in [3.8, 4) is 11.3 Å². The van der Waals surface area contributed by atoms with E-state index in [1.807, 2.05) is 18.2 Å². The van der Waals surface area contributed by atoms with Gasteiger partial charge in [0.2, 0.25) is 5.89 Å². The van der Waals surface area contributed by atoms with Crippen LogP contribution in [-0.2, 0) is 11.3 Å². The van der Waals surface area contributed by atoms with Crippen LogP contribution in [0.15, 0.2) is 53.1 Å². The van der Waals surface area contributed by atoms with Crippen LogP contribution >= 0.6 is 23.2 Å². The first-order valence-electron chi connectivity index (χ1n) is 9.21. The number of carbonyl (C=O) groups excluding carboxylic acids is 1. The molecule has 1 aliphatic rings. The summed E-state index contributed by atoms with van der Waals surface area (Å²) in [4.78, 5) is 18.6. The fourth-order valence-electron chi connectivity index (χ4n) is 3.05. The van der Waals surface area contributed by atoms with Crippen LogP contribution in [0.25, 0.3) is 11.3 Å². The van der Waals surface area contributed by atoms with Crippen molar-refractivity contribution >= 4 is 34.8 Å². The van der Waals surface area contributed by atoms with Gasteiger partial charge >= 0.3 is 0 Å². The summed E-state index contributed by atoms with van der Waals surface area (Å²) in [6, 6.07) is 12.7. The maximum absolute atomic E-state index is 12.6. The molecule has 0 spiro atoms. The molecule has 1 aliphatic heterocycles. The highest BCUT2D eigenvalue weighted by Crippen LogP contribution is 2.25. The third-order valence-electron chi connectivity index (χ3n) is 4.62. The molecule has 0 aliphatic carbocycles. The smallest absolute Gasteiger partial charge is 0.255 e. The molecule has 0 unspecified atom stereocenters. The fourth-order valence-corrected chi connectivity index (χ4v) is 3.44. The highest BCUT2D eigenvalue weighted by atomic mass is 35.5. The molecule has 0 saturated carbocycles. The molecule has 0 atom stereocenters. The van der Waals surface area contributed by atoms with Crippen molar-refractivity contribution in [1.82, 2.24) is 9.88 Å². The number of halogens is 2. The zero-order valence-electron chi connectivity index (χ0n) is 15.5. The highest BCUT2D eigenvalue weighted by Gasteiger charge is 2.20.